The Hall–Kier alpha value is -1.64. The van der Waals surface area contributed by atoms with Gasteiger partial charge in [0.25, 0.3) is 0 Å². The lowest BCUT2D eigenvalue weighted by Crippen LogP contribution is -2.41. The van der Waals surface area contributed by atoms with E-state index in [1.807, 2.05) is 0 Å². The Morgan fingerprint density at radius 2 is 1.19 bits per heavy atom. The predicted molar refractivity (Wildman–Crippen MR) is 84.5 cm³/mol. The number of hydrogen-bond acceptors (Lipinski definition) is 2. The third kappa shape index (κ3) is 1.79. The van der Waals surface area contributed by atoms with E-state index in [9.17, 15) is 0 Å². The number of fused-ring (bicyclic) bond motifs is 2. The largest absolute Gasteiger partial charge is 0.369 e. The highest BCUT2D eigenvalue weighted by atomic mass is 16.5. The highest BCUT2D eigenvalue weighted by Gasteiger charge is 2.46. The summed E-state index contributed by atoms with van der Waals surface area (Å²) in [6.45, 7) is 6.38. The van der Waals surface area contributed by atoms with Crippen LogP contribution in [0.15, 0.2) is 42.5 Å². The van der Waals surface area contributed by atoms with Crippen molar-refractivity contribution < 1.29 is 9.47 Å². The van der Waals surface area contributed by atoms with Crippen LogP contribution in [-0.4, -0.2) is 14.2 Å². The molecular formula is C19H22O2. The van der Waals surface area contributed by atoms with Crippen LogP contribution in [0.1, 0.15) is 41.7 Å². The van der Waals surface area contributed by atoms with Crippen LogP contribution < -0.4 is 0 Å². The molecule has 0 aromatic heterocycles. The number of hydrogen-bond donors (Lipinski definition) is 0. The second-order valence-corrected chi connectivity index (χ2v) is 6.07. The van der Waals surface area contributed by atoms with Gasteiger partial charge in [-0.25, -0.2) is 0 Å². The lowest BCUT2D eigenvalue weighted by molar-refractivity contribution is -0.00364. The summed E-state index contributed by atoms with van der Waals surface area (Å²) in [5, 5.41) is 0. The number of aryl methyl sites for hydroxylation is 1. The van der Waals surface area contributed by atoms with Crippen molar-refractivity contribution in [1.29, 1.82) is 0 Å². The maximum atomic E-state index is 5.97. The quantitative estimate of drug-likeness (QED) is 0.824. The summed E-state index contributed by atoms with van der Waals surface area (Å²) in [5.74, 6) is 0. The number of rotatable bonds is 2. The minimum atomic E-state index is -0.448. The van der Waals surface area contributed by atoms with Crippen LogP contribution >= 0.6 is 0 Å². The molecule has 1 aliphatic carbocycles. The molecule has 2 heteroatoms. The van der Waals surface area contributed by atoms with Gasteiger partial charge in [0.1, 0.15) is 11.2 Å². The summed E-state index contributed by atoms with van der Waals surface area (Å²) < 4.78 is 11.9. The monoisotopic (exact) mass is 282 g/mol. The Kier molecular flexibility index (Phi) is 3.19. The normalized spacial score (nSPS) is 27.1. The Morgan fingerprint density at radius 3 is 1.71 bits per heavy atom. The Balaban J connectivity index is 2.42. The number of benzene rings is 2. The van der Waals surface area contributed by atoms with Gasteiger partial charge >= 0.3 is 0 Å². The summed E-state index contributed by atoms with van der Waals surface area (Å²) in [4.78, 5) is 0. The van der Waals surface area contributed by atoms with Crippen LogP contribution in [-0.2, 0) is 20.7 Å². The second kappa shape index (κ2) is 4.69. The van der Waals surface area contributed by atoms with Crippen molar-refractivity contribution >= 4 is 0 Å². The molecular weight excluding hydrogens is 260 g/mol. The highest BCUT2D eigenvalue weighted by molar-refractivity contribution is 5.57. The topological polar surface area (TPSA) is 18.5 Å². The molecule has 0 heterocycles. The Bertz CT molecular complexity index is 692. The van der Waals surface area contributed by atoms with Crippen LogP contribution in [0.4, 0.5) is 0 Å². The van der Waals surface area contributed by atoms with Gasteiger partial charge in [-0.05, 0) is 43.0 Å². The highest BCUT2D eigenvalue weighted by Crippen LogP contribution is 2.50. The smallest absolute Gasteiger partial charge is 0.116 e. The first-order valence-electron chi connectivity index (χ1n) is 7.29. The zero-order valence-corrected chi connectivity index (χ0v) is 13.4. The average molecular weight is 282 g/mol. The third-order valence-electron chi connectivity index (χ3n) is 4.97. The van der Waals surface area contributed by atoms with Gasteiger partial charge in [0.15, 0.2) is 0 Å². The summed E-state index contributed by atoms with van der Waals surface area (Å²) in [7, 11) is 3.55. The Labute approximate surface area is 126 Å². The number of methoxy groups -OCH3 is 2. The molecule has 2 aromatic carbocycles. The molecule has 2 atom stereocenters. The van der Waals surface area contributed by atoms with Gasteiger partial charge in [0.2, 0.25) is 0 Å². The fourth-order valence-electron chi connectivity index (χ4n) is 3.51. The van der Waals surface area contributed by atoms with Crippen molar-refractivity contribution in [3.8, 4) is 0 Å². The zero-order valence-electron chi connectivity index (χ0n) is 13.4. The van der Waals surface area contributed by atoms with Gasteiger partial charge in [-0.1, -0.05) is 48.0 Å². The summed E-state index contributed by atoms with van der Waals surface area (Å²) in [6, 6.07) is 14.9. The van der Waals surface area contributed by atoms with Gasteiger partial charge < -0.3 is 9.47 Å². The molecule has 0 radical (unpaired) electrons. The molecule has 0 saturated heterocycles. The van der Waals surface area contributed by atoms with Gasteiger partial charge in [0.05, 0.1) is 0 Å². The van der Waals surface area contributed by atoms with E-state index in [0.717, 1.165) is 0 Å². The van der Waals surface area contributed by atoms with E-state index in [0.29, 0.717) is 0 Å². The molecule has 0 N–H and O–H groups in total. The first-order chi connectivity index (χ1) is 9.97. The van der Waals surface area contributed by atoms with E-state index in [1.54, 1.807) is 14.2 Å². The van der Waals surface area contributed by atoms with Gasteiger partial charge in [-0.3, -0.25) is 0 Å². The van der Waals surface area contributed by atoms with E-state index in [1.165, 1.54) is 27.8 Å². The van der Waals surface area contributed by atoms with Gasteiger partial charge in [0, 0.05) is 14.2 Å². The number of ether oxygens (including phenoxy) is 2. The van der Waals surface area contributed by atoms with E-state index in [4.69, 9.17) is 9.47 Å². The minimum Gasteiger partial charge on any atom is -0.369 e. The predicted octanol–water partition coefficient (Wildman–Crippen LogP) is 4.13. The van der Waals surface area contributed by atoms with Crippen molar-refractivity contribution in [2.45, 2.75) is 32.0 Å². The Morgan fingerprint density at radius 1 is 0.714 bits per heavy atom. The van der Waals surface area contributed by atoms with Crippen molar-refractivity contribution in [2.24, 2.45) is 0 Å². The zero-order chi connectivity index (χ0) is 15.3. The molecule has 0 saturated carbocycles. The molecule has 0 fully saturated rings. The van der Waals surface area contributed by atoms with Crippen LogP contribution in [0, 0.1) is 6.92 Å². The van der Waals surface area contributed by atoms with Crippen LogP contribution in [0.3, 0.4) is 0 Å². The van der Waals surface area contributed by atoms with E-state index in [-0.39, 0.29) is 0 Å². The van der Waals surface area contributed by atoms with Crippen LogP contribution in [0.25, 0.3) is 0 Å². The van der Waals surface area contributed by atoms with Crippen LogP contribution in [0.2, 0.25) is 0 Å². The minimum absolute atomic E-state index is 0.447. The lowest BCUT2D eigenvalue weighted by Gasteiger charge is -2.45. The molecule has 21 heavy (non-hydrogen) atoms. The SMILES string of the molecule is CO[C@@]1(C)c2ccccc2[C@](C)(OC)c2cc(C)ccc21. The van der Waals surface area contributed by atoms with Crippen molar-refractivity contribution in [3.63, 3.8) is 0 Å². The van der Waals surface area contributed by atoms with E-state index < -0.39 is 11.2 Å². The summed E-state index contributed by atoms with van der Waals surface area (Å²) in [5.41, 5.74) is 5.05. The molecule has 0 unspecified atom stereocenters. The summed E-state index contributed by atoms with van der Waals surface area (Å²) in [6.07, 6.45) is 0. The average Bonchev–Trinajstić information content (AvgIpc) is 2.52. The van der Waals surface area contributed by atoms with Gasteiger partial charge in [-0.15, -0.1) is 0 Å². The second-order valence-electron chi connectivity index (χ2n) is 6.07. The third-order valence-corrected chi connectivity index (χ3v) is 4.97. The fourth-order valence-corrected chi connectivity index (χ4v) is 3.51. The first kappa shape index (κ1) is 14.3. The van der Waals surface area contributed by atoms with Gasteiger partial charge in [-0.2, -0.15) is 0 Å². The molecule has 2 nitrogen and oxygen atoms in total. The molecule has 1 aliphatic rings. The van der Waals surface area contributed by atoms with E-state index >= 15 is 0 Å². The van der Waals surface area contributed by atoms with Crippen LogP contribution in [0.5, 0.6) is 0 Å². The molecule has 0 aliphatic heterocycles. The van der Waals surface area contributed by atoms with E-state index in [2.05, 4.69) is 63.2 Å². The molecule has 0 amide bonds. The summed E-state index contributed by atoms with van der Waals surface area (Å²) >= 11 is 0. The van der Waals surface area contributed by atoms with Crippen molar-refractivity contribution in [3.05, 3.63) is 70.3 Å². The standard InChI is InChI=1S/C19H22O2/c1-13-10-11-16-17(12-13)19(3,21-5)15-9-7-6-8-14(15)18(16,2)20-4/h6-12H,1-5H3/t18-,19-/m0/s1. The first-order valence-corrected chi connectivity index (χ1v) is 7.29. The van der Waals surface area contributed by atoms with Crippen molar-refractivity contribution in [2.75, 3.05) is 14.2 Å². The molecule has 3 rings (SSSR count). The molecule has 0 spiro atoms. The maximum Gasteiger partial charge on any atom is 0.116 e. The molecule has 110 valence electrons. The van der Waals surface area contributed by atoms with Crippen molar-refractivity contribution in [1.82, 2.24) is 0 Å². The molecule has 2 aromatic rings. The maximum absolute atomic E-state index is 5.97. The lowest BCUT2D eigenvalue weighted by atomic mass is 9.68. The fraction of sp³-hybridized carbons (Fsp3) is 0.368. The molecule has 0 bridgehead atoms.